The molecule has 29 heavy (non-hydrogen) atoms. The maximum Gasteiger partial charge on any atom is 0.324 e. The number of rotatable bonds is 10. The van der Waals surface area contributed by atoms with Crippen molar-refractivity contribution in [2.45, 2.75) is 58.8 Å². The minimum atomic E-state index is -1.55. The van der Waals surface area contributed by atoms with E-state index < -0.39 is 17.4 Å². The fourth-order valence-electron chi connectivity index (χ4n) is 2.31. The number of halogens is 1. The third-order valence-electron chi connectivity index (χ3n) is 4.03. The zero-order valence-electron chi connectivity index (χ0n) is 17.7. The molecule has 0 rings (SSSR count). The lowest BCUT2D eigenvalue weighted by Gasteiger charge is -2.25. The number of methoxy groups -OCH3 is 2. The Hall–Kier alpha value is -2.00. The Labute approximate surface area is 187 Å². The number of nitrogens with one attached hydrogen (secondary N) is 1. The van der Waals surface area contributed by atoms with Crippen LogP contribution in [0.4, 0.5) is 0 Å². The van der Waals surface area contributed by atoms with Crippen LogP contribution in [0.5, 0.6) is 0 Å². The summed E-state index contributed by atoms with van der Waals surface area (Å²) < 4.78 is 10.7. The number of hydrogen-bond donors (Lipinski definition) is 1. The minimum absolute atomic E-state index is 0.0663. The van der Waals surface area contributed by atoms with Crippen LogP contribution in [0.3, 0.4) is 0 Å². The molecule has 0 saturated heterocycles. The zero-order valence-corrected chi connectivity index (χ0v) is 19.8. The SMILES string of the molecule is CCCCC#CCC/C(I)=C/CC(CC#CCNC(C)=O)(C(=O)OC)C(=O)OC. The predicted molar refractivity (Wildman–Crippen MR) is 121 cm³/mol. The fraction of sp³-hybridized carbons (Fsp3) is 0.591. The molecule has 0 aliphatic heterocycles. The molecule has 0 saturated carbocycles. The molecule has 0 heterocycles. The molecule has 7 heteroatoms. The van der Waals surface area contributed by atoms with Gasteiger partial charge in [-0.3, -0.25) is 14.4 Å². The molecule has 0 atom stereocenters. The van der Waals surface area contributed by atoms with Crippen LogP contribution in [0.2, 0.25) is 0 Å². The normalized spacial score (nSPS) is 10.7. The molecular weight excluding hydrogens is 485 g/mol. The molecule has 0 aliphatic rings. The minimum Gasteiger partial charge on any atom is -0.468 e. The summed E-state index contributed by atoms with van der Waals surface area (Å²) in [5.41, 5.74) is -1.55. The smallest absolute Gasteiger partial charge is 0.324 e. The second-order valence-electron chi connectivity index (χ2n) is 6.32. The number of carbonyl (C=O) groups excluding carboxylic acids is 3. The van der Waals surface area contributed by atoms with E-state index in [2.05, 4.69) is 58.5 Å². The number of ether oxygens (including phenoxy) is 2. The Kier molecular flexibility index (Phi) is 14.8. The summed E-state index contributed by atoms with van der Waals surface area (Å²) in [6.07, 6.45) is 6.47. The summed E-state index contributed by atoms with van der Waals surface area (Å²) in [5.74, 6) is 10.2. The molecule has 0 bridgehead atoms. The van der Waals surface area contributed by atoms with E-state index in [0.717, 1.165) is 35.7 Å². The summed E-state index contributed by atoms with van der Waals surface area (Å²) in [6.45, 7) is 3.65. The van der Waals surface area contributed by atoms with Gasteiger partial charge in [0, 0.05) is 26.2 Å². The van der Waals surface area contributed by atoms with E-state index in [4.69, 9.17) is 9.47 Å². The van der Waals surface area contributed by atoms with Crippen LogP contribution in [-0.4, -0.2) is 38.6 Å². The van der Waals surface area contributed by atoms with Gasteiger partial charge in [-0.1, -0.05) is 31.3 Å². The first-order valence-corrected chi connectivity index (χ1v) is 10.6. The van der Waals surface area contributed by atoms with Crippen molar-refractivity contribution in [1.29, 1.82) is 0 Å². The maximum atomic E-state index is 12.5. The summed E-state index contributed by atoms with van der Waals surface area (Å²) >= 11 is 2.18. The van der Waals surface area contributed by atoms with Gasteiger partial charge in [0.2, 0.25) is 5.91 Å². The van der Waals surface area contributed by atoms with Crippen molar-refractivity contribution < 1.29 is 23.9 Å². The highest BCUT2D eigenvalue weighted by Gasteiger charge is 2.47. The van der Waals surface area contributed by atoms with Crippen molar-refractivity contribution in [3.63, 3.8) is 0 Å². The number of unbranched alkanes of at least 4 members (excludes halogenated alkanes) is 2. The molecule has 0 aliphatic carbocycles. The average molecular weight is 515 g/mol. The van der Waals surface area contributed by atoms with Crippen LogP contribution in [0.25, 0.3) is 0 Å². The lowest BCUT2D eigenvalue weighted by atomic mass is 9.81. The summed E-state index contributed by atoms with van der Waals surface area (Å²) in [4.78, 5) is 35.8. The van der Waals surface area contributed by atoms with Crippen LogP contribution in [0.1, 0.15) is 58.8 Å². The Morgan fingerprint density at radius 1 is 1.03 bits per heavy atom. The molecule has 0 radical (unpaired) electrons. The molecule has 160 valence electrons. The number of hydrogen-bond acceptors (Lipinski definition) is 5. The first-order valence-electron chi connectivity index (χ1n) is 9.51. The molecule has 0 aromatic carbocycles. The number of allylic oxidation sites excluding steroid dienone is 2. The maximum absolute atomic E-state index is 12.5. The van der Waals surface area contributed by atoms with Gasteiger partial charge in [0.15, 0.2) is 5.41 Å². The fourth-order valence-corrected chi connectivity index (χ4v) is 2.80. The van der Waals surface area contributed by atoms with Crippen molar-refractivity contribution in [2.75, 3.05) is 20.8 Å². The molecule has 1 amide bonds. The summed E-state index contributed by atoms with van der Waals surface area (Å²) in [5, 5.41) is 2.54. The van der Waals surface area contributed by atoms with E-state index >= 15 is 0 Å². The van der Waals surface area contributed by atoms with Crippen molar-refractivity contribution in [3.05, 3.63) is 9.66 Å². The third kappa shape index (κ3) is 10.9. The highest BCUT2D eigenvalue weighted by Crippen LogP contribution is 2.32. The molecule has 0 unspecified atom stereocenters. The number of carbonyl (C=O) groups is 3. The molecule has 6 nitrogen and oxygen atoms in total. The zero-order chi connectivity index (χ0) is 22.1. The van der Waals surface area contributed by atoms with Crippen molar-refractivity contribution in [2.24, 2.45) is 5.41 Å². The summed E-state index contributed by atoms with van der Waals surface area (Å²) in [6, 6.07) is 0. The Morgan fingerprint density at radius 3 is 2.21 bits per heavy atom. The van der Waals surface area contributed by atoms with Gasteiger partial charge in [-0.15, -0.1) is 11.8 Å². The lowest BCUT2D eigenvalue weighted by molar-refractivity contribution is -0.168. The standard InChI is InChI=1S/C22H30INO5/c1-5-6-7-8-9-10-13-19(23)14-16-22(20(26)28-3,21(27)29-4)15-11-12-17-24-18(2)25/h14H,5-7,10,13,15-17H2,1-4H3,(H,24,25)/b19-14-. The number of esters is 2. The molecule has 0 aromatic rings. The first-order chi connectivity index (χ1) is 13.8. The van der Waals surface area contributed by atoms with E-state index in [0.29, 0.717) is 0 Å². The van der Waals surface area contributed by atoms with E-state index in [9.17, 15) is 14.4 Å². The molecule has 0 spiro atoms. The van der Waals surface area contributed by atoms with Gasteiger partial charge < -0.3 is 14.8 Å². The molecular formula is C22H30INO5. The molecule has 0 aromatic heterocycles. The van der Waals surface area contributed by atoms with Gasteiger partial charge in [-0.05, 0) is 45.4 Å². The van der Waals surface area contributed by atoms with Gasteiger partial charge >= 0.3 is 11.9 Å². The largest absolute Gasteiger partial charge is 0.468 e. The Morgan fingerprint density at radius 2 is 1.66 bits per heavy atom. The molecule has 0 fully saturated rings. The van der Waals surface area contributed by atoms with Gasteiger partial charge in [-0.2, -0.15) is 0 Å². The van der Waals surface area contributed by atoms with Crippen LogP contribution in [0.15, 0.2) is 9.66 Å². The second kappa shape index (κ2) is 15.9. The van der Waals surface area contributed by atoms with Crippen molar-refractivity contribution in [1.82, 2.24) is 5.32 Å². The van der Waals surface area contributed by atoms with Gasteiger partial charge in [0.05, 0.1) is 20.8 Å². The monoisotopic (exact) mass is 515 g/mol. The van der Waals surface area contributed by atoms with Crippen LogP contribution < -0.4 is 5.32 Å². The van der Waals surface area contributed by atoms with Crippen LogP contribution in [-0.2, 0) is 23.9 Å². The quantitative estimate of drug-likeness (QED) is 0.158. The van der Waals surface area contributed by atoms with Gasteiger partial charge in [-0.25, -0.2) is 0 Å². The van der Waals surface area contributed by atoms with E-state index in [-0.39, 0.29) is 25.3 Å². The summed E-state index contributed by atoms with van der Waals surface area (Å²) in [7, 11) is 2.46. The van der Waals surface area contributed by atoms with Crippen molar-refractivity contribution >= 4 is 40.4 Å². The first kappa shape index (κ1) is 27.0. The Bertz CT molecular complexity index is 690. The second-order valence-corrected chi connectivity index (χ2v) is 7.70. The average Bonchev–Trinajstić information content (AvgIpc) is 2.71. The van der Waals surface area contributed by atoms with E-state index in [1.165, 1.54) is 21.1 Å². The Balaban J connectivity index is 5.26. The highest BCUT2D eigenvalue weighted by molar-refractivity contribution is 14.1. The molecule has 1 N–H and O–H groups in total. The van der Waals surface area contributed by atoms with E-state index in [1.807, 2.05) is 6.08 Å². The third-order valence-corrected chi connectivity index (χ3v) is 5.01. The topological polar surface area (TPSA) is 81.7 Å². The predicted octanol–water partition coefficient (Wildman–Crippen LogP) is 3.53. The lowest BCUT2D eigenvalue weighted by Crippen LogP contribution is -2.40. The highest BCUT2D eigenvalue weighted by atomic mass is 127. The van der Waals surface area contributed by atoms with E-state index in [1.54, 1.807) is 0 Å². The van der Waals surface area contributed by atoms with Crippen LogP contribution >= 0.6 is 22.6 Å². The van der Waals surface area contributed by atoms with Gasteiger partial charge in [0.25, 0.3) is 0 Å². The van der Waals surface area contributed by atoms with Crippen molar-refractivity contribution in [3.8, 4) is 23.7 Å². The number of amides is 1. The van der Waals surface area contributed by atoms with Crippen LogP contribution in [0, 0.1) is 29.1 Å². The van der Waals surface area contributed by atoms with Gasteiger partial charge in [0.1, 0.15) is 0 Å².